The van der Waals surface area contributed by atoms with E-state index in [4.69, 9.17) is 14.2 Å². The summed E-state index contributed by atoms with van der Waals surface area (Å²) in [4.78, 5) is 38.1. The molecule has 0 heterocycles. The van der Waals surface area contributed by atoms with Gasteiger partial charge in [0, 0.05) is 19.3 Å². The molecule has 0 aliphatic rings. The summed E-state index contributed by atoms with van der Waals surface area (Å²) in [6.07, 6.45) is 56.7. The molecule has 0 spiro atoms. The number of carbonyl (C=O) groups excluding carboxylic acids is 3. The lowest BCUT2D eigenvalue weighted by atomic mass is 9.99. The Morgan fingerprint density at radius 3 is 0.864 bits per heavy atom. The van der Waals surface area contributed by atoms with Crippen molar-refractivity contribution < 1.29 is 28.6 Å². The molecule has 0 bridgehead atoms. The number of rotatable bonds is 54. The van der Waals surface area contributed by atoms with Crippen molar-refractivity contribution in [1.29, 1.82) is 0 Å². The Hall–Kier alpha value is -1.59. The van der Waals surface area contributed by atoms with E-state index in [1.807, 2.05) is 0 Å². The highest BCUT2D eigenvalue weighted by molar-refractivity contribution is 5.71. The van der Waals surface area contributed by atoms with Gasteiger partial charge in [0.15, 0.2) is 6.10 Å². The molecule has 0 rings (SSSR count). The van der Waals surface area contributed by atoms with E-state index in [1.54, 1.807) is 0 Å². The van der Waals surface area contributed by atoms with E-state index in [2.05, 4.69) is 34.6 Å². The second kappa shape index (κ2) is 52.8. The molecule has 0 saturated carbocycles. The second-order valence-corrected chi connectivity index (χ2v) is 21.4. The van der Waals surface area contributed by atoms with Gasteiger partial charge in [-0.3, -0.25) is 14.4 Å². The molecule has 392 valence electrons. The molecule has 0 saturated heterocycles. The number of ether oxygens (including phenoxy) is 3. The number of unbranched alkanes of at least 4 members (excludes halogenated alkanes) is 38. The Labute approximate surface area is 412 Å². The molecule has 0 aromatic rings. The molecular formula is C60H116O6. The second-order valence-electron chi connectivity index (χ2n) is 21.4. The van der Waals surface area contributed by atoms with Crippen molar-refractivity contribution in [3.8, 4) is 0 Å². The maximum Gasteiger partial charge on any atom is 0.306 e. The number of hydrogen-bond donors (Lipinski definition) is 0. The average Bonchev–Trinajstić information content (AvgIpc) is 3.30. The first-order chi connectivity index (χ1) is 32.3. The molecule has 66 heavy (non-hydrogen) atoms. The van der Waals surface area contributed by atoms with E-state index in [0.29, 0.717) is 19.3 Å². The van der Waals surface area contributed by atoms with Crippen LogP contribution in [0.25, 0.3) is 0 Å². The maximum atomic E-state index is 12.8. The van der Waals surface area contributed by atoms with Gasteiger partial charge in [-0.2, -0.15) is 0 Å². The van der Waals surface area contributed by atoms with E-state index in [1.165, 1.54) is 225 Å². The van der Waals surface area contributed by atoms with E-state index in [9.17, 15) is 14.4 Å². The lowest BCUT2D eigenvalue weighted by Crippen LogP contribution is -2.30. The molecule has 6 nitrogen and oxygen atoms in total. The van der Waals surface area contributed by atoms with Crippen LogP contribution in [0.2, 0.25) is 0 Å². The minimum atomic E-state index is -0.763. The Kier molecular flexibility index (Phi) is 51.5. The molecule has 0 fully saturated rings. The Morgan fingerprint density at radius 1 is 0.318 bits per heavy atom. The van der Waals surface area contributed by atoms with Crippen LogP contribution in [-0.2, 0) is 28.6 Å². The third kappa shape index (κ3) is 51.8. The Balaban J connectivity index is 4.23. The van der Waals surface area contributed by atoms with Gasteiger partial charge in [-0.15, -0.1) is 0 Å². The van der Waals surface area contributed by atoms with E-state index < -0.39 is 6.10 Å². The number of carbonyl (C=O) groups is 3. The standard InChI is InChI=1S/C60H116O6/c1-6-8-9-10-11-12-13-14-19-23-26-29-35-40-45-50-58(61)64-53-57(66-60(63)52-47-42-37-32-31-34-39-44-49-56(5)7-2)54-65-59(62)51-46-41-36-30-27-24-21-18-16-15-17-20-22-25-28-33-38-43-48-55(3)4/h55-57H,6-54H2,1-5H3/t56?,57-/m1/s1. The highest BCUT2D eigenvalue weighted by atomic mass is 16.6. The summed E-state index contributed by atoms with van der Waals surface area (Å²) < 4.78 is 16.9. The third-order valence-corrected chi connectivity index (χ3v) is 14.1. The Morgan fingerprint density at radius 2 is 0.576 bits per heavy atom. The van der Waals surface area contributed by atoms with Crippen LogP contribution >= 0.6 is 0 Å². The Bertz CT molecular complexity index is 1010. The largest absolute Gasteiger partial charge is 0.462 e. The molecule has 0 aliphatic heterocycles. The summed E-state index contributed by atoms with van der Waals surface area (Å²) in [6, 6.07) is 0. The zero-order chi connectivity index (χ0) is 48.2. The van der Waals surface area contributed by atoms with Crippen molar-refractivity contribution in [3.63, 3.8) is 0 Å². The summed E-state index contributed by atoms with van der Waals surface area (Å²) in [6.45, 7) is 11.4. The third-order valence-electron chi connectivity index (χ3n) is 14.1. The summed E-state index contributed by atoms with van der Waals surface area (Å²) in [7, 11) is 0. The number of hydrogen-bond acceptors (Lipinski definition) is 6. The van der Waals surface area contributed by atoms with Crippen molar-refractivity contribution >= 4 is 17.9 Å². The molecule has 0 aromatic heterocycles. The molecular weight excluding hydrogens is 817 g/mol. The summed E-state index contributed by atoms with van der Waals surface area (Å²) in [5.41, 5.74) is 0. The van der Waals surface area contributed by atoms with Crippen LogP contribution in [-0.4, -0.2) is 37.2 Å². The average molecular weight is 934 g/mol. The van der Waals surface area contributed by atoms with Gasteiger partial charge in [0.25, 0.3) is 0 Å². The predicted octanol–water partition coefficient (Wildman–Crippen LogP) is 19.7. The van der Waals surface area contributed by atoms with Gasteiger partial charge in [0.1, 0.15) is 13.2 Å². The van der Waals surface area contributed by atoms with Gasteiger partial charge in [0.2, 0.25) is 0 Å². The van der Waals surface area contributed by atoms with Crippen molar-refractivity contribution in [2.45, 2.75) is 343 Å². The van der Waals surface area contributed by atoms with Gasteiger partial charge in [-0.25, -0.2) is 0 Å². The van der Waals surface area contributed by atoms with Gasteiger partial charge in [-0.05, 0) is 31.1 Å². The normalized spacial score (nSPS) is 12.5. The SMILES string of the molecule is CCCCCCCCCCCCCCCCCC(=O)OC[C@H](COC(=O)CCCCCCCCCCCCCCCCCCCCC(C)C)OC(=O)CCCCCCCCCCC(C)CC. The predicted molar refractivity (Wildman–Crippen MR) is 284 cm³/mol. The van der Waals surface area contributed by atoms with Gasteiger partial charge >= 0.3 is 17.9 Å². The fraction of sp³-hybridized carbons (Fsp3) is 0.950. The maximum absolute atomic E-state index is 12.8. The van der Waals surface area contributed by atoms with Crippen LogP contribution in [0.4, 0.5) is 0 Å². The first-order valence-corrected chi connectivity index (χ1v) is 29.8. The smallest absolute Gasteiger partial charge is 0.306 e. The zero-order valence-corrected chi connectivity index (χ0v) is 45.3. The van der Waals surface area contributed by atoms with Crippen LogP contribution in [0.5, 0.6) is 0 Å². The van der Waals surface area contributed by atoms with Crippen molar-refractivity contribution in [2.24, 2.45) is 11.8 Å². The first-order valence-electron chi connectivity index (χ1n) is 29.8. The lowest BCUT2D eigenvalue weighted by Gasteiger charge is -2.18. The summed E-state index contributed by atoms with van der Waals surface area (Å²) in [5.74, 6) is 0.864. The molecule has 6 heteroatoms. The molecule has 1 unspecified atom stereocenters. The van der Waals surface area contributed by atoms with Crippen LogP contribution in [0.1, 0.15) is 336 Å². The van der Waals surface area contributed by atoms with Crippen LogP contribution < -0.4 is 0 Å². The van der Waals surface area contributed by atoms with Gasteiger partial charge in [0.05, 0.1) is 0 Å². The topological polar surface area (TPSA) is 78.9 Å². The van der Waals surface area contributed by atoms with Crippen molar-refractivity contribution in [2.75, 3.05) is 13.2 Å². The fourth-order valence-electron chi connectivity index (χ4n) is 9.20. The quantitative estimate of drug-likeness (QED) is 0.0343. The minimum Gasteiger partial charge on any atom is -0.462 e. The molecule has 0 aromatic carbocycles. The molecule has 2 atom stereocenters. The summed E-state index contributed by atoms with van der Waals surface area (Å²) >= 11 is 0. The van der Waals surface area contributed by atoms with Gasteiger partial charge < -0.3 is 14.2 Å². The fourth-order valence-corrected chi connectivity index (χ4v) is 9.20. The van der Waals surface area contributed by atoms with Crippen LogP contribution in [0, 0.1) is 11.8 Å². The lowest BCUT2D eigenvalue weighted by molar-refractivity contribution is -0.167. The number of esters is 3. The van der Waals surface area contributed by atoms with Crippen LogP contribution in [0.3, 0.4) is 0 Å². The van der Waals surface area contributed by atoms with Crippen molar-refractivity contribution in [1.82, 2.24) is 0 Å². The molecule has 0 radical (unpaired) electrons. The molecule has 0 amide bonds. The van der Waals surface area contributed by atoms with E-state index >= 15 is 0 Å². The zero-order valence-electron chi connectivity index (χ0n) is 45.3. The van der Waals surface area contributed by atoms with E-state index in [0.717, 1.165) is 69.6 Å². The van der Waals surface area contributed by atoms with E-state index in [-0.39, 0.29) is 31.1 Å². The monoisotopic (exact) mass is 933 g/mol. The highest BCUT2D eigenvalue weighted by Gasteiger charge is 2.19. The van der Waals surface area contributed by atoms with Crippen molar-refractivity contribution in [3.05, 3.63) is 0 Å². The molecule has 0 N–H and O–H groups in total. The summed E-state index contributed by atoms with van der Waals surface area (Å²) in [5, 5.41) is 0. The molecule has 0 aliphatic carbocycles. The first kappa shape index (κ1) is 64.4. The highest BCUT2D eigenvalue weighted by Crippen LogP contribution is 2.19. The van der Waals surface area contributed by atoms with Gasteiger partial charge in [-0.1, -0.05) is 298 Å². The minimum absolute atomic E-state index is 0.0630. The van der Waals surface area contributed by atoms with Crippen LogP contribution in [0.15, 0.2) is 0 Å².